The van der Waals surface area contributed by atoms with Crippen LogP contribution in [0.25, 0.3) is 0 Å². The number of ether oxygens (including phenoxy) is 1. The van der Waals surface area contributed by atoms with Crippen molar-refractivity contribution in [2.75, 3.05) is 31.1 Å². The molecule has 1 fully saturated rings. The number of aryl methyl sites for hydroxylation is 1. The third kappa shape index (κ3) is 6.43. The van der Waals surface area contributed by atoms with Crippen molar-refractivity contribution in [1.29, 1.82) is 0 Å². The zero-order valence-corrected chi connectivity index (χ0v) is 20.2. The first-order valence-electron chi connectivity index (χ1n) is 10.8. The molecule has 33 heavy (non-hydrogen) atoms. The molecule has 1 aliphatic heterocycles. The van der Waals surface area contributed by atoms with Gasteiger partial charge in [0.15, 0.2) is 0 Å². The van der Waals surface area contributed by atoms with Crippen molar-refractivity contribution in [3.05, 3.63) is 59.4 Å². The largest absolute Gasteiger partial charge is 0.444 e. The van der Waals surface area contributed by atoms with Crippen molar-refractivity contribution in [3.63, 3.8) is 0 Å². The molecule has 0 aliphatic carbocycles. The zero-order valence-electron chi connectivity index (χ0n) is 19.4. The monoisotopic (exact) mass is 478 g/mol. The average Bonchev–Trinajstić information content (AvgIpc) is 2.74. The Labute approximate surface area is 194 Å². The number of carbonyl (C=O) groups excluding carboxylic acids is 1. The third-order valence-corrected chi connectivity index (χ3v) is 6.67. The SMILES string of the molecule is Cc1ccccc1S(=O)(=O)NNCc1c(F)cccc1N1CCN(C(=O)OC(C)(C)C)CC1. The van der Waals surface area contributed by atoms with E-state index < -0.39 is 21.4 Å². The predicted molar refractivity (Wildman–Crippen MR) is 125 cm³/mol. The molecule has 8 nitrogen and oxygen atoms in total. The van der Waals surface area contributed by atoms with Crippen LogP contribution in [0.15, 0.2) is 47.4 Å². The maximum atomic E-state index is 14.7. The highest BCUT2D eigenvalue weighted by Gasteiger charge is 2.27. The van der Waals surface area contributed by atoms with Gasteiger partial charge in [-0.15, -0.1) is 4.83 Å². The molecule has 1 heterocycles. The van der Waals surface area contributed by atoms with Crippen molar-refractivity contribution < 1.29 is 22.3 Å². The second-order valence-electron chi connectivity index (χ2n) is 8.92. The fourth-order valence-corrected chi connectivity index (χ4v) is 4.73. The molecule has 180 valence electrons. The number of hydrogen-bond donors (Lipinski definition) is 2. The van der Waals surface area contributed by atoms with E-state index in [4.69, 9.17) is 4.74 Å². The maximum absolute atomic E-state index is 14.7. The third-order valence-electron chi connectivity index (χ3n) is 5.22. The number of sulfonamides is 1. The number of nitrogens with zero attached hydrogens (tertiary/aromatic N) is 2. The molecule has 2 aromatic rings. The van der Waals surface area contributed by atoms with Gasteiger partial charge in [-0.2, -0.15) is 0 Å². The number of piperazine rings is 1. The number of hydrazine groups is 1. The lowest BCUT2D eigenvalue weighted by Crippen LogP contribution is -2.50. The fraction of sp³-hybridized carbons (Fsp3) is 0.435. The van der Waals surface area contributed by atoms with Gasteiger partial charge in [-0.3, -0.25) is 0 Å². The summed E-state index contributed by atoms with van der Waals surface area (Å²) in [5.74, 6) is -0.440. The minimum atomic E-state index is -3.80. The van der Waals surface area contributed by atoms with Gasteiger partial charge in [-0.1, -0.05) is 24.3 Å². The lowest BCUT2D eigenvalue weighted by atomic mass is 10.1. The molecule has 0 radical (unpaired) electrons. The van der Waals surface area contributed by atoms with Crippen LogP contribution in [0.2, 0.25) is 0 Å². The van der Waals surface area contributed by atoms with Gasteiger partial charge in [-0.25, -0.2) is 23.0 Å². The highest BCUT2D eigenvalue weighted by Crippen LogP contribution is 2.25. The second kappa shape index (κ2) is 10.1. The average molecular weight is 479 g/mol. The summed E-state index contributed by atoms with van der Waals surface area (Å²) in [5.41, 5.74) is 3.69. The van der Waals surface area contributed by atoms with E-state index in [-0.39, 0.29) is 17.5 Å². The first-order valence-corrected chi connectivity index (χ1v) is 12.3. The van der Waals surface area contributed by atoms with E-state index in [9.17, 15) is 17.6 Å². The van der Waals surface area contributed by atoms with E-state index in [0.29, 0.717) is 43.0 Å². The molecule has 0 spiro atoms. The van der Waals surface area contributed by atoms with E-state index >= 15 is 0 Å². The number of nitrogens with one attached hydrogen (secondary N) is 2. The van der Waals surface area contributed by atoms with Crippen LogP contribution in [-0.2, 0) is 21.3 Å². The summed E-state index contributed by atoms with van der Waals surface area (Å²) in [7, 11) is -3.80. The van der Waals surface area contributed by atoms with Crippen molar-refractivity contribution >= 4 is 21.8 Å². The smallest absolute Gasteiger partial charge is 0.410 e. The Morgan fingerprint density at radius 3 is 2.36 bits per heavy atom. The van der Waals surface area contributed by atoms with Gasteiger partial charge in [-0.05, 0) is 51.5 Å². The molecule has 1 aliphatic rings. The van der Waals surface area contributed by atoms with Gasteiger partial charge < -0.3 is 14.5 Å². The standard InChI is InChI=1S/C23H31FN4O4S/c1-17-8-5-6-11-21(17)33(30,31)26-25-16-18-19(24)9-7-10-20(18)27-12-14-28(15-13-27)22(29)32-23(2,3)4/h5-11,25-26H,12-16H2,1-4H3. The van der Waals surface area contributed by atoms with Crippen molar-refractivity contribution in [2.45, 2.75) is 44.7 Å². The number of anilines is 1. The Kier molecular flexibility index (Phi) is 7.61. The van der Waals surface area contributed by atoms with E-state index in [1.807, 2.05) is 25.7 Å². The summed E-state index contributed by atoms with van der Waals surface area (Å²) < 4.78 is 45.3. The van der Waals surface area contributed by atoms with E-state index in [1.165, 1.54) is 12.1 Å². The summed E-state index contributed by atoms with van der Waals surface area (Å²) in [6.45, 7) is 9.02. The Morgan fingerprint density at radius 1 is 1.06 bits per heavy atom. The molecule has 0 aromatic heterocycles. The summed E-state index contributed by atoms with van der Waals surface area (Å²) >= 11 is 0. The molecule has 0 atom stereocenters. The van der Waals surface area contributed by atoms with Crippen molar-refractivity contribution in [1.82, 2.24) is 15.2 Å². The Hall–Kier alpha value is -2.69. The lowest BCUT2D eigenvalue weighted by Gasteiger charge is -2.37. The Bertz CT molecular complexity index is 1090. The second-order valence-corrected chi connectivity index (χ2v) is 10.6. The highest BCUT2D eigenvalue weighted by molar-refractivity contribution is 7.89. The van der Waals surface area contributed by atoms with E-state index in [2.05, 4.69) is 10.3 Å². The summed E-state index contributed by atoms with van der Waals surface area (Å²) in [6.07, 6.45) is -0.367. The van der Waals surface area contributed by atoms with Gasteiger partial charge in [0.2, 0.25) is 0 Å². The van der Waals surface area contributed by atoms with Crippen LogP contribution in [0.3, 0.4) is 0 Å². The Morgan fingerprint density at radius 2 is 1.73 bits per heavy atom. The predicted octanol–water partition coefficient (Wildman–Crippen LogP) is 3.17. The van der Waals surface area contributed by atoms with Gasteiger partial charge in [0, 0.05) is 44.0 Å². The molecule has 0 bridgehead atoms. The summed E-state index contributed by atoms with van der Waals surface area (Å²) in [6, 6.07) is 11.4. The first-order chi connectivity index (χ1) is 15.5. The summed E-state index contributed by atoms with van der Waals surface area (Å²) in [5, 5.41) is 0. The normalized spacial score (nSPS) is 14.9. The number of hydrogen-bond acceptors (Lipinski definition) is 6. The minimum absolute atomic E-state index is 0.0423. The van der Waals surface area contributed by atoms with Gasteiger partial charge in [0.25, 0.3) is 10.0 Å². The summed E-state index contributed by atoms with van der Waals surface area (Å²) in [4.78, 5) is 18.4. The van der Waals surface area contributed by atoms with Crippen LogP contribution in [0.5, 0.6) is 0 Å². The number of rotatable bonds is 6. The lowest BCUT2D eigenvalue weighted by molar-refractivity contribution is 0.0240. The Balaban J connectivity index is 1.65. The number of benzene rings is 2. The number of carbonyl (C=O) groups is 1. The van der Waals surface area contributed by atoms with Crippen LogP contribution < -0.4 is 15.2 Å². The molecule has 0 unspecified atom stereocenters. The fourth-order valence-electron chi connectivity index (χ4n) is 3.61. The quantitative estimate of drug-likeness (QED) is 0.620. The molecule has 0 saturated carbocycles. The highest BCUT2D eigenvalue weighted by atomic mass is 32.2. The molecule has 3 rings (SSSR count). The maximum Gasteiger partial charge on any atom is 0.410 e. The topological polar surface area (TPSA) is 91.0 Å². The minimum Gasteiger partial charge on any atom is -0.444 e. The van der Waals surface area contributed by atoms with Gasteiger partial charge >= 0.3 is 6.09 Å². The molecule has 1 saturated heterocycles. The molecular weight excluding hydrogens is 447 g/mol. The van der Waals surface area contributed by atoms with Crippen LogP contribution in [-0.4, -0.2) is 51.2 Å². The van der Waals surface area contributed by atoms with Crippen molar-refractivity contribution in [2.24, 2.45) is 0 Å². The van der Waals surface area contributed by atoms with Crippen LogP contribution in [0, 0.1) is 12.7 Å². The molecule has 10 heteroatoms. The molecule has 2 N–H and O–H groups in total. The zero-order chi connectivity index (χ0) is 24.2. The van der Waals surface area contributed by atoms with Crippen LogP contribution in [0.1, 0.15) is 31.9 Å². The molecule has 2 aromatic carbocycles. The molecular formula is C23H31FN4O4S. The number of halogens is 1. The number of amides is 1. The van der Waals surface area contributed by atoms with Crippen molar-refractivity contribution in [3.8, 4) is 0 Å². The molecule has 1 amide bonds. The van der Waals surface area contributed by atoms with E-state index in [0.717, 1.165) is 0 Å². The van der Waals surface area contributed by atoms with Gasteiger partial charge in [0.1, 0.15) is 11.4 Å². The first kappa shape index (κ1) is 24.9. The van der Waals surface area contributed by atoms with Crippen LogP contribution in [0.4, 0.5) is 14.9 Å². The van der Waals surface area contributed by atoms with Gasteiger partial charge in [0.05, 0.1) is 4.90 Å². The van der Waals surface area contributed by atoms with E-state index in [1.54, 1.807) is 42.2 Å². The van der Waals surface area contributed by atoms with Crippen LogP contribution >= 0.6 is 0 Å².